The van der Waals surface area contributed by atoms with Gasteiger partial charge in [0.05, 0.1) is 6.61 Å². The summed E-state index contributed by atoms with van der Waals surface area (Å²) in [5, 5.41) is 8.12. The summed E-state index contributed by atoms with van der Waals surface area (Å²) in [7, 11) is 0. The molecule has 3 aromatic rings. The van der Waals surface area contributed by atoms with Crippen LogP contribution in [0.3, 0.4) is 0 Å². The molecule has 1 amide bonds. The minimum atomic E-state index is -1.58. The number of ether oxygens (including phenoxy) is 2. The number of alkyl halides is 1. The molecule has 0 fully saturated rings. The third kappa shape index (κ3) is 7.61. The molecule has 0 atom stereocenters. The summed E-state index contributed by atoms with van der Waals surface area (Å²) < 4.78 is 10.9. The topological polar surface area (TPSA) is 116 Å². The fourth-order valence-corrected chi connectivity index (χ4v) is 3.79. The van der Waals surface area contributed by atoms with E-state index in [4.69, 9.17) is 25.9 Å². The Labute approximate surface area is 223 Å². The Bertz CT molecular complexity index is 1210. The van der Waals surface area contributed by atoms with Crippen LogP contribution in [0.4, 0.5) is 5.13 Å². The summed E-state index contributed by atoms with van der Waals surface area (Å²) in [6.07, 6.45) is -0.682. The number of esters is 2. The van der Waals surface area contributed by atoms with Crippen molar-refractivity contribution in [1.29, 1.82) is 0 Å². The quantitative estimate of drug-likeness (QED) is 0.161. The van der Waals surface area contributed by atoms with Crippen LogP contribution in [0.25, 0.3) is 0 Å². The normalized spacial score (nSPS) is 11.6. The Kier molecular flexibility index (Phi) is 9.76. The number of thiazole rings is 1. The Morgan fingerprint density at radius 1 is 1.05 bits per heavy atom. The molecule has 0 bridgehead atoms. The number of carbonyl (C=O) groups is 3. The van der Waals surface area contributed by atoms with Gasteiger partial charge in [0.2, 0.25) is 17.2 Å². The SMILES string of the molecule is CCOC(=O)/C(=N\OC(C)(C)C(=O)OC(c1ccccc1)c1ccccc1)c1csc(NC(=O)CCl)n1. The number of nitrogens with one attached hydrogen (secondary N) is 1. The lowest BCUT2D eigenvalue weighted by Crippen LogP contribution is -2.37. The van der Waals surface area contributed by atoms with Gasteiger partial charge >= 0.3 is 11.9 Å². The van der Waals surface area contributed by atoms with Gasteiger partial charge in [-0.15, -0.1) is 22.9 Å². The van der Waals surface area contributed by atoms with Crippen molar-refractivity contribution in [3.63, 3.8) is 0 Å². The molecule has 9 nitrogen and oxygen atoms in total. The maximum atomic E-state index is 13.2. The zero-order valence-electron chi connectivity index (χ0n) is 20.5. The molecule has 194 valence electrons. The van der Waals surface area contributed by atoms with Crippen LogP contribution >= 0.6 is 22.9 Å². The first-order chi connectivity index (χ1) is 17.7. The maximum absolute atomic E-state index is 13.2. The first kappa shape index (κ1) is 27.8. The summed E-state index contributed by atoms with van der Waals surface area (Å²) in [5.74, 6) is -2.21. The van der Waals surface area contributed by atoms with Crippen LogP contribution in [0.15, 0.2) is 71.2 Å². The van der Waals surface area contributed by atoms with Gasteiger partial charge in [0, 0.05) is 5.38 Å². The minimum absolute atomic E-state index is 0.0824. The predicted molar refractivity (Wildman–Crippen MR) is 141 cm³/mol. The number of amides is 1. The number of aromatic nitrogens is 1. The summed E-state index contributed by atoms with van der Waals surface area (Å²) >= 11 is 6.57. The number of nitrogens with zero attached hydrogens (tertiary/aromatic N) is 2. The minimum Gasteiger partial charge on any atom is -0.461 e. The number of anilines is 1. The summed E-state index contributed by atoms with van der Waals surface area (Å²) in [6.45, 7) is 4.67. The highest BCUT2D eigenvalue weighted by Crippen LogP contribution is 2.28. The summed E-state index contributed by atoms with van der Waals surface area (Å²) in [6, 6.07) is 18.6. The number of hydrogen-bond acceptors (Lipinski definition) is 9. The van der Waals surface area contributed by atoms with Crippen molar-refractivity contribution in [2.45, 2.75) is 32.5 Å². The van der Waals surface area contributed by atoms with Gasteiger partial charge in [-0.3, -0.25) is 4.79 Å². The maximum Gasteiger partial charge on any atom is 0.362 e. The van der Waals surface area contributed by atoms with Gasteiger partial charge in [-0.2, -0.15) is 0 Å². The molecule has 1 aromatic heterocycles. The lowest BCUT2D eigenvalue weighted by Gasteiger charge is -2.25. The van der Waals surface area contributed by atoms with E-state index in [2.05, 4.69) is 15.5 Å². The highest BCUT2D eigenvalue weighted by atomic mass is 35.5. The molecule has 0 unspecified atom stereocenters. The zero-order valence-corrected chi connectivity index (χ0v) is 22.0. The van der Waals surface area contributed by atoms with Gasteiger partial charge in [0.25, 0.3) is 0 Å². The largest absolute Gasteiger partial charge is 0.461 e. The first-order valence-corrected chi connectivity index (χ1v) is 12.7. The second-order valence-corrected chi connectivity index (χ2v) is 9.21. The second-order valence-electron chi connectivity index (χ2n) is 8.09. The lowest BCUT2D eigenvalue weighted by atomic mass is 10.0. The van der Waals surface area contributed by atoms with Crippen LogP contribution in [0.2, 0.25) is 0 Å². The van der Waals surface area contributed by atoms with Crippen molar-refractivity contribution in [3.05, 3.63) is 82.9 Å². The number of halogens is 1. The van der Waals surface area contributed by atoms with Crippen LogP contribution in [-0.2, 0) is 28.7 Å². The number of benzene rings is 2. The van der Waals surface area contributed by atoms with Crippen molar-refractivity contribution >= 4 is 51.6 Å². The van der Waals surface area contributed by atoms with E-state index in [-0.39, 0.29) is 29.0 Å². The second kappa shape index (κ2) is 13.0. The van der Waals surface area contributed by atoms with Crippen molar-refractivity contribution < 1.29 is 28.7 Å². The average Bonchev–Trinajstić information content (AvgIpc) is 3.36. The molecule has 0 saturated heterocycles. The third-order valence-corrected chi connectivity index (χ3v) is 5.87. The number of rotatable bonds is 11. The molecule has 1 N–H and O–H groups in total. The summed E-state index contributed by atoms with van der Waals surface area (Å²) in [4.78, 5) is 47.0. The molecule has 0 aliphatic carbocycles. The van der Waals surface area contributed by atoms with E-state index in [1.165, 1.54) is 19.2 Å². The van der Waals surface area contributed by atoms with Crippen molar-refractivity contribution in [3.8, 4) is 0 Å². The van der Waals surface area contributed by atoms with Gasteiger partial charge in [-0.25, -0.2) is 14.6 Å². The van der Waals surface area contributed by atoms with E-state index in [0.717, 1.165) is 22.5 Å². The van der Waals surface area contributed by atoms with Crippen LogP contribution < -0.4 is 5.32 Å². The fourth-order valence-electron chi connectivity index (χ4n) is 3.01. The van der Waals surface area contributed by atoms with E-state index in [9.17, 15) is 14.4 Å². The van der Waals surface area contributed by atoms with Gasteiger partial charge in [0.15, 0.2) is 11.2 Å². The van der Waals surface area contributed by atoms with E-state index >= 15 is 0 Å². The van der Waals surface area contributed by atoms with Crippen molar-refractivity contribution in [2.75, 3.05) is 17.8 Å². The Hall–Kier alpha value is -3.76. The average molecular weight is 544 g/mol. The Morgan fingerprint density at radius 3 is 2.19 bits per heavy atom. The van der Waals surface area contributed by atoms with E-state index < -0.39 is 29.6 Å². The zero-order chi connectivity index (χ0) is 26.8. The van der Waals surface area contributed by atoms with Crippen molar-refractivity contribution in [2.24, 2.45) is 5.16 Å². The monoisotopic (exact) mass is 543 g/mol. The summed E-state index contributed by atoms with van der Waals surface area (Å²) in [5.41, 5.74) is -0.187. The molecule has 0 aliphatic heterocycles. The highest BCUT2D eigenvalue weighted by molar-refractivity contribution is 7.14. The van der Waals surface area contributed by atoms with Crippen LogP contribution in [0.5, 0.6) is 0 Å². The molecule has 3 rings (SSSR count). The molecular formula is C26H26ClN3O6S. The molecule has 1 heterocycles. The van der Waals surface area contributed by atoms with Crippen molar-refractivity contribution in [1.82, 2.24) is 4.98 Å². The molecular weight excluding hydrogens is 518 g/mol. The van der Waals surface area contributed by atoms with Gasteiger partial charge in [-0.05, 0) is 31.9 Å². The van der Waals surface area contributed by atoms with Gasteiger partial charge < -0.3 is 19.6 Å². The standard InChI is InChI=1S/C26H26ClN3O6S/c1-4-34-23(32)21(19-16-37-25(28-19)29-20(31)15-27)30-36-26(2,3)24(33)35-22(17-11-7-5-8-12-17)18-13-9-6-10-14-18/h5-14,16,22H,4,15H2,1-3H3,(H,28,29,31)/b30-21-. The predicted octanol–water partition coefficient (Wildman–Crippen LogP) is 4.72. The van der Waals surface area contributed by atoms with E-state index in [1.807, 2.05) is 60.7 Å². The van der Waals surface area contributed by atoms with Crippen LogP contribution in [0.1, 0.15) is 43.7 Å². The van der Waals surface area contributed by atoms with Gasteiger partial charge in [0.1, 0.15) is 11.6 Å². The third-order valence-electron chi connectivity index (χ3n) is 4.87. The molecule has 37 heavy (non-hydrogen) atoms. The van der Waals surface area contributed by atoms with E-state index in [0.29, 0.717) is 0 Å². The molecule has 0 saturated carbocycles. The number of carbonyl (C=O) groups excluding carboxylic acids is 3. The molecule has 0 spiro atoms. The Morgan fingerprint density at radius 2 is 1.65 bits per heavy atom. The first-order valence-electron chi connectivity index (χ1n) is 11.3. The van der Waals surface area contributed by atoms with Gasteiger partial charge in [-0.1, -0.05) is 65.8 Å². The van der Waals surface area contributed by atoms with Crippen LogP contribution in [-0.4, -0.2) is 46.6 Å². The molecule has 0 aliphatic rings. The number of oxime groups is 1. The smallest absolute Gasteiger partial charge is 0.362 e. The lowest BCUT2D eigenvalue weighted by molar-refractivity contribution is -0.172. The van der Waals surface area contributed by atoms with E-state index in [1.54, 1.807) is 6.92 Å². The number of hydrogen-bond donors (Lipinski definition) is 1. The Balaban J connectivity index is 1.84. The van der Waals surface area contributed by atoms with Crippen LogP contribution in [0, 0.1) is 0 Å². The highest BCUT2D eigenvalue weighted by Gasteiger charge is 2.36. The fraction of sp³-hybridized carbons (Fsp3) is 0.269. The molecule has 2 aromatic carbocycles. The molecule has 11 heteroatoms. The molecule has 0 radical (unpaired) electrons.